The summed E-state index contributed by atoms with van der Waals surface area (Å²) in [5, 5.41) is 24.3. The van der Waals surface area contributed by atoms with Crippen LogP contribution in [-0.2, 0) is 0 Å². The number of hydrogen-bond acceptors (Lipinski definition) is 5. The Morgan fingerprint density at radius 2 is 1.87 bits per heavy atom. The van der Waals surface area contributed by atoms with Crippen molar-refractivity contribution in [3.05, 3.63) is 69.9 Å². The number of aliphatic imine (C=N–C) groups is 1. The molecule has 0 amide bonds. The minimum atomic E-state index is -0.496. The molecule has 0 aliphatic rings. The molecule has 2 aromatic carbocycles. The van der Waals surface area contributed by atoms with Crippen LogP contribution in [0.15, 0.2) is 53.5 Å². The van der Waals surface area contributed by atoms with Crippen molar-refractivity contribution in [2.45, 2.75) is 6.92 Å². The topological polar surface area (TPSA) is 91.5 Å². The van der Waals surface area contributed by atoms with E-state index < -0.39 is 4.92 Å². The summed E-state index contributed by atoms with van der Waals surface area (Å²) in [5.74, 6) is 0.155. The lowest BCUT2D eigenvalue weighted by Gasteiger charge is -2.14. The average molecular weight is 306 g/mol. The van der Waals surface area contributed by atoms with Crippen molar-refractivity contribution in [1.82, 2.24) is 4.98 Å². The first kappa shape index (κ1) is 14.6. The monoisotopic (exact) mass is 306 g/mol. The van der Waals surface area contributed by atoms with E-state index in [2.05, 4.69) is 9.98 Å². The van der Waals surface area contributed by atoms with Crippen molar-refractivity contribution in [2.24, 2.45) is 4.99 Å². The third-order valence-corrected chi connectivity index (χ3v) is 3.41. The Hall–Kier alpha value is -3.28. The Balaban J connectivity index is 2.14. The summed E-state index contributed by atoms with van der Waals surface area (Å²) in [7, 11) is 0. The number of nitro groups is 1. The van der Waals surface area contributed by atoms with Gasteiger partial charge in [0, 0.05) is 18.0 Å². The van der Waals surface area contributed by atoms with Gasteiger partial charge >= 0.3 is 0 Å². The van der Waals surface area contributed by atoms with Crippen LogP contribution < -0.4 is 5.11 Å². The number of rotatable bonds is 3. The molecule has 6 heteroatoms. The molecule has 0 N–H and O–H groups in total. The van der Waals surface area contributed by atoms with Crippen LogP contribution in [-0.4, -0.2) is 16.1 Å². The van der Waals surface area contributed by atoms with Crippen LogP contribution in [0.3, 0.4) is 0 Å². The fourth-order valence-electron chi connectivity index (χ4n) is 2.33. The maximum atomic E-state index is 12.5. The highest BCUT2D eigenvalue weighted by Crippen LogP contribution is 2.33. The van der Waals surface area contributed by atoms with E-state index in [-0.39, 0.29) is 17.0 Å². The van der Waals surface area contributed by atoms with Crippen molar-refractivity contribution in [3.63, 3.8) is 0 Å². The SMILES string of the molecule is Cc1cccc(N=Cc2cc([N+](=O)[O-])c3ccccc3c2[O-])n1. The molecule has 0 aliphatic heterocycles. The summed E-state index contributed by atoms with van der Waals surface area (Å²) in [5.41, 5.74) is 0.851. The molecule has 0 unspecified atom stereocenters. The summed E-state index contributed by atoms with van der Waals surface area (Å²) in [6.07, 6.45) is 1.32. The molecule has 0 fully saturated rings. The highest BCUT2D eigenvalue weighted by molar-refractivity contribution is 6.02. The zero-order valence-electron chi connectivity index (χ0n) is 12.3. The molecule has 3 aromatic rings. The van der Waals surface area contributed by atoms with E-state index in [9.17, 15) is 15.2 Å². The molecule has 1 heterocycles. The van der Waals surface area contributed by atoms with Gasteiger partial charge in [-0.05, 0) is 36.1 Å². The number of nitrogens with zero attached hydrogens (tertiary/aromatic N) is 3. The van der Waals surface area contributed by atoms with Crippen LogP contribution in [0, 0.1) is 17.0 Å². The van der Waals surface area contributed by atoms with E-state index in [1.165, 1.54) is 12.3 Å². The number of aromatic nitrogens is 1. The standard InChI is InChI=1S/C17H13N3O3/c1-11-5-4-8-16(19-11)18-10-12-9-15(20(22)23)13-6-2-3-7-14(13)17(12)21/h2-10,21H,1H3/p-1. The molecule has 114 valence electrons. The zero-order valence-corrected chi connectivity index (χ0v) is 12.3. The molecule has 0 saturated carbocycles. The number of hydrogen-bond donors (Lipinski definition) is 0. The van der Waals surface area contributed by atoms with Crippen molar-refractivity contribution < 1.29 is 10.0 Å². The van der Waals surface area contributed by atoms with E-state index >= 15 is 0 Å². The van der Waals surface area contributed by atoms with Gasteiger partial charge in [-0.25, -0.2) is 9.98 Å². The average Bonchev–Trinajstić information content (AvgIpc) is 2.54. The number of pyridine rings is 1. The van der Waals surface area contributed by atoms with Gasteiger partial charge in [-0.2, -0.15) is 0 Å². The quantitative estimate of drug-likeness (QED) is 0.422. The predicted molar refractivity (Wildman–Crippen MR) is 86.3 cm³/mol. The molecule has 0 radical (unpaired) electrons. The van der Waals surface area contributed by atoms with Gasteiger partial charge in [0.2, 0.25) is 0 Å². The lowest BCUT2D eigenvalue weighted by molar-refractivity contribution is -0.383. The van der Waals surface area contributed by atoms with Gasteiger partial charge in [0.25, 0.3) is 5.69 Å². The number of aryl methyl sites for hydroxylation is 1. The van der Waals surface area contributed by atoms with Gasteiger partial charge in [-0.15, -0.1) is 0 Å². The number of fused-ring (bicyclic) bond motifs is 1. The van der Waals surface area contributed by atoms with E-state index in [1.807, 2.05) is 13.0 Å². The first-order valence-electron chi connectivity index (χ1n) is 6.91. The number of nitro benzene ring substituents is 1. The summed E-state index contributed by atoms with van der Waals surface area (Å²) >= 11 is 0. The Kier molecular flexibility index (Phi) is 3.72. The van der Waals surface area contributed by atoms with Crippen LogP contribution >= 0.6 is 0 Å². The molecule has 0 spiro atoms. The lowest BCUT2D eigenvalue weighted by atomic mass is 10.0. The van der Waals surface area contributed by atoms with Gasteiger partial charge in [0.15, 0.2) is 5.82 Å². The molecule has 0 bridgehead atoms. The second-order valence-corrected chi connectivity index (χ2v) is 5.01. The lowest BCUT2D eigenvalue weighted by Crippen LogP contribution is -2.00. The first-order chi connectivity index (χ1) is 11.1. The third-order valence-electron chi connectivity index (χ3n) is 3.41. The van der Waals surface area contributed by atoms with Gasteiger partial charge in [-0.3, -0.25) is 10.1 Å². The Morgan fingerprint density at radius 1 is 1.13 bits per heavy atom. The first-order valence-corrected chi connectivity index (χ1v) is 6.91. The molecule has 1 aromatic heterocycles. The van der Waals surface area contributed by atoms with E-state index in [0.29, 0.717) is 16.6 Å². The van der Waals surface area contributed by atoms with E-state index in [1.54, 1.807) is 36.4 Å². The summed E-state index contributed by atoms with van der Waals surface area (Å²) < 4.78 is 0. The van der Waals surface area contributed by atoms with E-state index in [0.717, 1.165) is 5.69 Å². The summed E-state index contributed by atoms with van der Waals surface area (Å²) in [6.45, 7) is 1.83. The second-order valence-electron chi connectivity index (χ2n) is 5.01. The van der Waals surface area contributed by atoms with Gasteiger partial charge in [-0.1, -0.05) is 30.0 Å². The van der Waals surface area contributed by atoms with Crippen molar-refractivity contribution in [1.29, 1.82) is 0 Å². The minimum Gasteiger partial charge on any atom is -0.872 e. The highest BCUT2D eigenvalue weighted by atomic mass is 16.6. The molecular formula is C17H12N3O3-. The molecule has 6 nitrogen and oxygen atoms in total. The predicted octanol–water partition coefficient (Wildman–Crippen LogP) is 3.28. The molecule has 0 atom stereocenters. The maximum Gasteiger partial charge on any atom is 0.277 e. The maximum absolute atomic E-state index is 12.5. The zero-order chi connectivity index (χ0) is 16.4. The highest BCUT2D eigenvalue weighted by Gasteiger charge is 2.14. The molecule has 0 aliphatic carbocycles. The fraction of sp³-hybridized carbons (Fsp3) is 0.0588. The Labute approximate surface area is 131 Å². The molecule has 23 heavy (non-hydrogen) atoms. The summed E-state index contributed by atoms with van der Waals surface area (Å²) in [6, 6.07) is 13.1. The van der Waals surface area contributed by atoms with Gasteiger partial charge in [0.05, 0.1) is 10.3 Å². The second kappa shape index (κ2) is 5.84. The largest absolute Gasteiger partial charge is 0.872 e. The third kappa shape index (κ3) is 2.87. The number of non-ortho nitro benzene ring substituents is 1. The van der Waals surface area contributed by atoms with Crippen molar-refractivity contribution in [2.75, 3.05) is 0 Å². The molecule has 3 rings (SSSR count). The van der Waals surface area contributed by atoms with Crippen molar-refractivity contribution >= 4 is 28.5 Å². The molecular weight excluding hydrogens is 294 g/mol. The van der Waals surface area contributed by atoms with Gasteiger partial charge in [0.1, 0.15) is 0 Å². The molecule has 0 saturated heterocycles. The van der Waals surface area contributed by atoms with Gasteiger partial charge < -0.3 is 5.11 Å². The van der Waals surface area contributed by atoms with Crippen LogP contribution in [0.2, 0.25) is 0 Å². The smallest absolute Gasteiger partial charge is 0.277 e. The Bertz CT molecular complexity index is 936. The Morgan fingerprint density at radius 3 is 2.57 bits per heavy atom. The fourth-order valence-corrected chi connectivity index (χ4v) is 2.33. The minimum absolute atomic E-state index is 0.112. The normalized spacial score (nSPS) is 11.2. The number of benzene rings is 2. The van der Waals surface area contributed by atoms with Crippen LogP contribution in [0.25, 0.3) is 10.8 Å². The van der Waals surface area contributed by atoms with E-state index in [4.69, 9.17) is 0 Å². The van der Waals surface area contributed by atoms with Crippen LogP contribution in [0.4, 0.5) is 11.5 Å². The summed E-state index contributed by atoms with van der Waals surface area (Å²) in [4.78, 5) is 19.1. The van der Waals surface area contributed by atoms with Crippen LogP contribution in [0.5, 0.6) is 5.75 Å². The van der Waals surface area contributed by atoms with Crippen molar-refractivity contribution in [3.8, 4) is 5.75 Å². The van der Waals surface area contributed by atoms with Crippen LogP contribution in [0.1, 0.15) is 11.3 Å².